The number of rotatable bonds is 3. The van der Waals surface area contributed by atoms with Crippen LogP contribution in [0.4, 0.5) is 0 Å². The molecule has 1 unspecified atom stereocenters. The Bertz CT molecular complexity index is 711. The predicted molar refractivity (Wildman–Crippen MR) is 78.0 cm³/mol. The number of carbonyl (C=O) groups is 1. The Labute approximate surface area is 131 Å². The van der Waals surface area contributed by atoms with Gasteiger partial charge in [0.05, 0.1) is 16.4 Å². The minimum absolute atomic E-state index is 0.0186. The van der Waals surface area contributed by atoms with Crippen LogP contribution in [0.25, 0.3) is 0 Å². The first kappa shape index (κ1) is 15.9. The van der Waals surface area contributed by atoms with Crippen molar-refractivity contribution in [3.63, 3.8) is 0 Å². The average Bonchev–Trinajstić information content (AvgIpc) is 2.47. The minimum Gasteiger partial charge on any atom is -0.481 e. The van der Waals surface area contributed by atoms with Crippen LogP contribution in [0.5, 0.6) is 0 Å². The van der Waals surface area contributed by atoms with Crippen LogP contribution in [0.15, 0.2) is 27.6 Å². The summed E-state index contributed by atoms with van der Waals surface area (Å²) in [6.07, 6.45) is 1.01. The van der Waals surface area contributed by atoms with Crippen LogP contribution in [0.3, 0.4) is 0 Å². The maximum atomic E-state index is 12.5. The summed E-state index contributed by atoms with van der Waals surface area (Å²) in [6.45, 7) is 0.291. The standard InChI is InChI=1S/C13H13BrN2O4S/c14-12-6-11(4-3-9(12)7-15)21(19,20)16-5-1-2-10(8-16)13(17)18/h3-4,6,10H,1-2,5,8H2,(H,17,18). The molecule has 0 radical (unpaired) electrons. The van der Waals surface area contributed by atoms with Gasteiger partial charge in [-0.2, -0.15) is 9.57 Å². The number of sulfonamides is 1. The molecule has 1 aromatic rings. The van der Waals surface area contributed by atoms with Gasteiger partial charge in [0.2, 0.25) is 10.0 Å². The molecule has 0 spiro atoms. The van der Waals surface area contributed by atoms with Gasteiger partial charge >= 0.3 is 5.97 Å². The lowest BCUT2D eigenvalue weighted by atomic mass is 10.0. The summed E-state index contributed by atoms with van der Waals surface area (Å²) >= 11 is 3.16. The number of benzene rings is 1. The second-order valence-electron chi connectivity index (χ2n) is 4.79. The molecule has 1 aliphatic rings. The van der Waals surface area contributed by atoms with Crippen LogP contribution < -0.4 is 0 Å². The van der Waals surface area contributed by atoms with Gasteiger partial charge in [0.1, 0.15) is 6.07 Å². The molecule has 1 fully saturated rings. The molecule has 0 aromatic heterocycles. The Morgan fingerprint density at radius 3 is 2.76 bits per heavy atom. The Balaban J connectivity index is 2.32. The number of aliphatic carboxylic acids is 1. The normalized spacial score (nSPS) is 19.9. The van der Waals surface area contributed by atoms with Gasteiger partial charge in [0.15, 0.2) is 0 Å². The van der Waals surface area contributed by atoms with Crippen molar-refractivity contribution in [3.05, 3.63) is 28.2 Å². The van der Waals surface area contributed by atoms with E-state index in [1.807, 2.05) is 6.07 Å². The van der Waals surface area contributed by atoms with Gasteiger partial charge in [0.25, 0.3) is 0 Å². The van der Waals surface area contributed by atoms with Crippen LogP contribution in [0.1, 0.15) is 18.4 Å². The molecule has 0 bridgehead atoms. The summed E-state index contributed by atoms with van der Waals surface area (Å²) in [4.78, 5) is 11.1. The Hall–Kier alpha value is -1.43. The molecule has 1 saturated heterocycles. The maximum absolute atomic E-state index is 12.5. The fourth-order valence-electron chi connectivity index (χ4n) is 2.26. The number of carboxylic acids is 1. The summed E-state index contributed by atoms with van der Waals surface area (Å²) < 4.78 is 26.7. The van der Waals surface area contributed by atoms with Crippen molar-refractivity contribution in [2.24, 2.45) is 5.92 Å². The van der Waals surface area contributed by atoms with Crippen LogP contribution in [0.2, 0.25) is 0 Å². The molecule has 0 amide bonds. The van der Waals surface area contributed by atoms with Gasteiger partial charge in [-0.3, -0.25) is 4.79 Å². The molecule has 1 N–H and O–H groups in total. The van der Waals surface area contributed by atoms with E-state index in [2.05, 4.69) is 15.9 Å². The summed E-state index contributed by atoms with van der Waals surface area (Å²) in [7, 11) is -3.75. The SMILES string of the molecule is N#Cc1ccc(S(=O)(=O)N2CCCC(C(=O)O)C2)cc1Br. The number of halogens is 1. The van der Waals surface area contributed by atoms with Gasteiger partial charge < -0.3 is 5.11 Å². The average molecular weight is 373 g/mol. The van der Waals surface area contributed by atoms with Crippen molar-refractivity contribution < 1.29 is 18.3 Å². The van der Waals surface area contributed by atoms with Gasteiger partial charge in [-0.15, -0.1) is 0 Å². The van der Waals surface area contributed by atoms with Crippen LogP contribution in [-0.2, 0) is 14.8 Å². The van der Waals surface area contributed by atoms with Crippen molar-refractivity contribution in [1.82, 2.24) is 4.31 Å². The summed E-state index contributed by atoms with van der Waals surface area (Å²) in [6, 6.07) is 6.11. The summed E-state index contributed by atoms with van der Waals surface area (Å²) in [5.41, 5.74) is 0.344. The van der Waals surface area contributed by atoms with E-state index in [0.717, 1.165) is 0 Å². The topological polar surface area (TPSA) is 98.5 Å². The molecule has 0 aliphatic carbocycles. The Morgan fingerprint density at radius 1 is 1.48 bits per heavy atom. The first-order valence-corrected chi connectivity index (χ1v) is 8.52. The lowest BCUT2D eigenvalue weighted by Gasteiger charge is -2.29. The number of carboxylic acid groups (broad SMARTS) is 1. The van der Waals surface area contributed by atoms with E-state index in [4.69, 9.17) is 10.4 Å². The molecule has 21 heavy (non-hydrogen) atoms. The number of piperidine rings is 1. The second-order valence-corrected chi connectivity index (χ2v) is 7.59. The molecule has 1 atom stereocenters. The molecule has 1 heterocycles. The van der Waals surface area contributed by atoms with Crippen LogP contribution in [0, 0.1) is 17.2 Å². The number of nitrogens with zero attached hydrogens (tertiary/aromatic N) is 2. The first-order chi connectivity index (χ1) is 9.86. The van der Waals surface area contributed by atoms with Crippen LogP contribution >= 0.6 is 15.9 Å². The third-order valence-electron chi connectivity index (χ3n) is 3.43. The second kappa shape index (κ2) is 6.13. The number of hydrogen-bond acceptors (Lipinski definition) is 4. The van der Waals surface area contributed by atoms with Crippen molar-refractivity contribution in [3.8, 4) is 6.07 Å². The van der Waals surface area contributed by atoms with Crippen molar-refractivity contribution >= 4 is 31.9 Å². The molecule has 1 aliphatic heterocycles. The van der Waals surface area contributed by atoms with E-state index < -0.39 is 21.9 Å². The highest BCUT2D eigenvalue weighted by atomic mass is 79.9. The van der Waals surface area contributed by atoms with Crippen LogP contribution in [-0.4, -0.2) is 36.9 Å². The molecule has 8 heteroatoms. The largest absolute Gasteiger partial charge is 0.481 e. The zero-order chi connectivity index (χ0) is 15.6. The molecule has 112 valence electrons. The summed E-state index contributed by atoms with van der Waals surface area (Å²) in [5.74, 6) is -1.65. The van der Waals surface area contributed by atoms with E-state index in [-0.39, 0.29) is 11.4 Å². The fourth-order valence-corrected chi connectivity index (χ4v) is 4.43. The van der Waals surface area contributed by atoms with Crippen molar-refractivity contribution in [1.29, 1.82) is 5.26 Å². The lowest BCUT2D eigenvalue weighted by molar-refractivity contribution is -0.142. The highest BCUT2D eigenvalue weighted by molar-refractivity contribution is 9.10. The molecule has 0 saturated carbocycles. The molecule has 2 rings (SSSR count). The number of hydrogen-bond donors (Lipinski definition) is 1. The van der Waals surface area contributed by atoms with E-state index in [1.54, 1.807) is 0 Å². The van der Waals surface area contributed by atoms with Gasteiger partial charge in [-0.1, -0.05) is 0 Å². The predicted octanol–water partition coefficient (Wildman–Crippen LogP) is 1.81. The zero-order valence-electron chi connectivity index (χ0n) is 11.0. The Kier molecular flexibility index (Phi) is 4.66. The molecule has 1 aromatic carbocycles. The molecule has 6 nitrogen and oxygen atoms in total. The quantitative estimate of drug-likeness (QED) is 0.871. The highest BCUT2D eigenvalue weighted by Gasteiger charge is 2.33. The first-order valence-electron chi connectivity index (χ1n) is 6.29. The highest BCUT2D eigenvalue weighted by Crippen LogP contribution is 2.27. The minimum atomic E-state index is -3.75. The molecular weight excluding hydrogens is 360 g/mol. The van der Waals surface area contributed by atoms with Crippen molar-refractivity contribution in [2.75, 3.05) is 13.1 Å². The molecular formula is C13H13BrN2O4S. The van der Waals surface area contributed by atoms with E-state index in [0.29, 0.717) is 29.4 Å². The third kappa shape index (κ3) is 3.26. The van der Waals surface area contributed by atoms with E-state index in [9.17, 15) is 13.2 Å². The fraction of sp³-hybridized carbons (Fsp3) is 0.385. The van der Waals surface area contributed by atoms with E-state index >= 15 is 0 Å². The van der Waals surface area contributed by atoms with Gasteiger partial charge in [-0.05, 0) is 47.0 Å². The lowest BCUT2D eigenvalue weighted by Crippen LogP contribution is -2.42. The summed E-state index contributed by atoms with van der Waals surface area (Å²) in [5, 5.41) is 17.9. The van der Waals surface area contributed by atoms with E-state index in [1.165, 1.54) is 22.5 Å². The van der Waals surface area contributed by atoms with Crippen molar-refractivity contribution in [2.45, 2.75) is 17.7 Å². The smallest absolute Gasteiger partial charge is 0.307 e. The Morgan fingerprint density at radius 2 is 2.19 bits per heavy atom. The van der Waals surface area contributed by atoms with Gasteiger partial charge in [0, 0.05) is 17.6 Å². The van der Waals surface area contributed by atoms with Gasteiger partial charge in [-0.25, -0.2) is 8.42 Å². The zero-order valence-corrected chi connectivity index (χ0v) is 13.4. The number of nitriles is 1. The maximum Gasteiger partial charge on any atom is 0.307 e. The third-order valence-corrected chi connectivity index (χ3v) is 5.95. The monoisotopic (exact) mass is 372 g/mol.